The molecule has 0 amide bonds. The number of aromatic nitrogens is 1. The zero-order chi connectivity index (χ0) is 10.6. The SMILES string of the molecule is CCC(C)CNC(C)c1scnc1C. The monoisotopic (exact) mass is 212 g/mol. The molecular weight excluding hydrogens is 192 g/mol. The van der Waals surface area contributed by atoms with Crippen LogP contribution in [0.1, 0.15) is 43.8 Å². The van der Waals surface area contributed by atoms with Gasteiger partial charge in [-0.2, -0.15) is 0 Å². The summed E-state index contributed by atoms with van der Waals surface area (Å²) >= 11 is 1.74. The van der Waals surface area contributed by atoms with Crippen molar-refractivity contribution in [1.82, 2.24) is 10.3 Å². The van der Waals surface area contributed by atoms with Gasteiger partial charge in [-0.05, 0) is 26.3 Å². The second-order valence-electron chi connectivity index (χ2n) is 3.95. The molecule has 14 heavy (non-hydrogen) atoms. The number of nitrogens with one attached hydrogen (secondary N) is 1. The maximum atomic E-state index is 4.26. The Kier molecular flexibility index (Phi) is 4.55. The summed E-state index contributed by atoms with van der Waals surface area (Å²) in [7, 11) is 0. The molecule has 0 fully saturated rings. The Morgan fingerprint density at radius 1 is 1.50 bits per heavy atom. The molecule has 1 N–H and O–H groups in total. The molecule has 1 heterocycles. The van der Waals surface area contributed by atoms with Gasteiger partial charge in [-0.25, -0.2) is 4.98 Å². The predicted octanol–water partition coefficient (Wildman–Crippen LogP) is 3.15. The third-order valence-corrected chi connectivity index (χ3v) is 3.76. The van der Waals surface area contributed by atoms with Crippen molar-refractivity contribution in [3.63, 3.8) is 0 Å². The molecule has 2 atom stereocenters. The number of thiazole rings is 1. The molecule has 2 unspecified atom stereocenters. The molecule has 1 rings (SSSR count). The Bertz CT molecular complexity index is 270. The van der Waals surface area contributed by atoms with Crippen molar-refractivity contribution in [2.45, 2.75) is 40.2 Å². The number of hydrogen-bond donors (Lipinski definition) is 1. The smallest absolute Gasteiger partial charge is 0.0798 e. The van der Waals surface area contributed by atoms with Gasteiger partial charge in [-0.15, -0.1) is 11.3 Å². The van der Waals surface area contributed by atoms with Crippen LogP contribution in [-0.4, -0.2) is 11.5 Å². The summed E-state index contributed by atoms with van der Waals surface area (Å²) in [4.78, 5) is 5.63. The Labute approximate surface area is 90.8 Å². The Morgan fingerprint density at radius 3 is 2.71 bits per heavy atom. The molecule has 3 heteroatoms. The van der Waals surface area contributed by atoms with Crippen molar-refractivity contribution in [2.75, 3.05) is 6.54 Å². The average molecular weight is 212 g/mol. The zero-order valence-electron chi connectivity index (χ0n) is 9.50. The highest BCUT2D eigenvalue weighted by molar-refractivity contribution is 7.09. The van der Waals surface area contributed by atoms with E-state index in [4.69, 9.17) is 0 Å². The fraction of sp³-hybridized carbons (Fsp3) is 0.727. The van der Waals surface area contributed by atoms with Crippen molar-refractivity contribution in [3.8, 4) is 0 Å². The van der Waals surface area contributed by atoms with E-state index in [1.165, 1.54) is 17.0 Å². The molecule has 0 radical (unpaired) electrons. The van der Waals surface area contributed by atoms with Crippen LogP contribution in [0.3, 0.4) is 0 Å². The van der Waals surface area contributed by atoms with Crippen LogP contribution in [0, 0.1) is 12.8 Å². The molecule has 80 valence electrons. The second kappa shape index (κ2) is 5.47. The van der Waals surface area contributed by atoms with Crippen LogP contribution in [0.4, 0.5) is 0 Å². The first-order valence-electron chi connectivity index (χ1n) is 5.28. The zero-order valence-corrected chi connectivity index (χ0v) is 10.3. The van der Waals surface area contributed by atoms with E-state index in [1.54, 1.807) is 11.3 Å². The molecule has 0 aliphatic carbocycles. The minimum atomic E-state index is 0.441. The summed E-state index contributed by atoms with van der Waals surface area (Å²) < 4.78 is 0. The lowest BCUT2D eigenvalue weighted by Gasteiger charge is -2.15. The summed E-state index contributed by atoms with van der Waals surface area (Å²) in [6.07, 6.45) is 1.24. The van der Waals surface area contributed by atoms with Crippen molar-refractivity contribution < 1.29 is 0 Å². The highest BCUT2D eigenvalue weighted by atomic mass is 32.1. The van der Waals surface area contributed by atoms with Crippen molar-refractivity contribution in [3.05, 3.63) is 16.1 Å². The van der Waals surface area contributed by atoms with Gasteiger partial charge in [0.15, 0.2) is 0 Å². The minimum absolute atomic E-state index is 0.441. The van der Waals surface area contributed by atoms with E-state index < -0.39 is 0 Å². The molecular formula is C11H20N2S. The van der Waals surface area contributed by atoms with Gasteiger partial charge in [0.2, 0.25) is 0 Å². The largest absolute Gasteiger partial charge is 0.309 e. The van der Waals surface area contributed by atoms with Gasteiger partial charge in [-0.1, -0.05) is 20.3 Å². The van der Waals surface area contributed by atoms with E-state index in [1.807, 2.05) is 5.51 Å². The van der Waals surface area contributed by atoms with E-state index in [0.717, 1.165) is 12.5 Å². The van der Waals surface area contributed by atoms with Gasteiger partial charge < -0.3 is 5.32 Å². The first-order valence-corrected chi connectivity index (χ1v) is 6.16. The number of nitrogens with zero attached hydrogens (tertiary/aromatic N) is 1. The van der Waals surface area contributed by atoms with Crippen LogP contribution in [0.2, 0.25) is 0 Å². The summed E-state index contributed by atoms with van der Waals surface area (Å²) in [5.41, 5.74) is 3.09. The average Bonchev–Trinajstić information content (AvgIpc) is 2.60. The quantitative estimate of drug-likeness (QED) is 0.811. The van der Waals surface area contributed by atoms with Crippen LogP contribution in [0.15, 0.2) is 5.51 Å². The summed E-state index contributed by atoms with van der Waals surface area (Å²) in [5, 5.41) is 3.55. The lowest BCUT2D eigenvalue weighted by atomic mass is 10.1. The molecule has 1 aromatic heterocycles. The van der Waals surface area contributed by atoms with Gasteiger partial charge in [0, 0.05) is 10.9 Å². The minimum Gasteiger partial charge on any atom is -0.309 e. The van der Waals surface area contributed by atoms with Gasteiger partial charge >= 0.3 is 0 Å². The maximum absolute atomic E-state index is 4.26. The predicted molar refractivity (Wildman–Crippen MR) is 62.7 cm³/mol. The van der Waals surface area contributed by atoms with Gasteiger partial charge in [0.1, 0.15) is 0 Å². The number of hydrogen-bond acceptors (Lipinski definition) is 3. The van der Waals surface area contributed by atoms with Crippen LogP contribution in [-0.2, 0) is 0 Å². The first kappa shape index (κ1) is 11.7. The van der Waals surface area contributed by atoms with E-state index in [9.17, 15) is 0 Å². The van der Waals surface area contributed by atoms with Gasteiger partial charge in [0.05, 0.1) is 11.2 Å². The third kappa shape index (κ3) is 3.07. The first-order chi connectivity index (χ1) is 6.65. The van der Waals surface area contributed by atoms with Crippen molar-refractivity contribution >= 4 is 11.3 Å². The van der Waals surface area contributed by atoms with E-state index in [-0.39, 0.29) is 0 Å². The molecule has 0 aliphatic heterocycles. The third-order valence-electron chi connectivity index (χ3n) is 2.65. The van der Waals surface area contributed by atoms with Crippen LogP contribution in [0.25, 0.3) is 0 Å². The molecule has 1 aromatic rings. The summed E-state index contributed by atoms with van der Waals surface area (Å²) in [6, 6.07) is 0.441. The molecule has 0 saturated heterocycles. The van der Waals surface area contributed by atoms with Crippen molar-refractivity contribution in [1.29, 1.82) is 0 Å². The van der Waals surface area contributed by atoms with E-state index >= 15 is 0 Å². The fourth-order valence-electron chi connectivity index (χ4n) is 1.34. The number of aryl methyl sites for hydroxylation is 1. The Balaban J connectivity index is 2.43. The fourth-order valence-corrected chi connectivity index (χ4v) is 2.18. The Morgan fingerprint density at radius 2 is 2.21 bits per heavy atom. The standard InChI is InChI=1S/C11H20N2S/c1-5-8(2)6-12-9(3)11-10(4)13-7-14-11/h7-9,12H,5-6H2,1-4H3. The van der Waals surface area contributed by atoms with Crippen LogP contribution < -0.4 is 5.32 Å². The molecule has 0 bridgehead atoms. The second-order valence-corrected chi connectivity index (χ2v) is 4.83. The Hall–Kier alpha value is -0.410. The highest BCUT2D eigenvalue weighted by Crippen LogP contribution is 2.21. The maximum Gasteiger partial charge on any atom is 0.0798 e. The summed E-state index contributed by atoms with van der Waals surface area (Å²) in [5.74, 6) is 0.755. The van der Waals surface area contributed by atoms with Crippen LogP contribution >= 0.6 is 11.3 Å². The van der Waals surface area contributed by atoms with Gasteiger partial charge in [0.25, 0.3) is 0 Å². The lowest BCUT2D eigenvalue weighted by molar-refractivity contribution is 0.463. The molecule has 0 spiro atoms. The lowest BCUT2D eigenvalue weighted by Crippen LogP contribution is -2.24. The molecule has 2 nitrogen and oxygen atoms in total. The number of rotatable bonds is 5. The normalized spacial score (nSPS) is 15.4. The van der Waals surface area contributed by atoms with Gasteiger partial charge in [-0.3, -0.25) is 0 Å². The van der Waals surface area contributed by atoms with Crippen molar-refractivity contribution in [2.24, 2.45) is 5.92 Å². The molecule has 0 aromatic carbocycles. The van der Waals surface area contributed by atoms with E-state index in [2.05, 4.69) is 38.0 Å². The topological polar surface area (TPSA) is 24.9 Å². The molecule has 0 aliphatic rings. The van der Waals surface area contributed by atoms with Crippen LogP contribution in [0.5, 0.6) is 0 Å². The highest BCUT2D eigenvalue weighted by Gasteiger charge is 2.10. The summed E-state index contributed by atoms with van der Waals surface area (Å²) in [6.45, 7) is 9.89. The van der Waals surface area contributed by atoms with E-state index in [0.29, 0.717) is 6.04 Å². The molecule has 0 saturated carbocycles.